The second kappa shape index (κ2) is 6.19. The lowest BCUT2D eigenvalue weighted by Gasteiger charge is -2.38. The van der Waals surface area contributed by atoms with Crippen molar-refractivity contribution in [1.29, 1.82) is 5.26 Å². The van der Waals surface area contributed by atoms with E-state index >= 15 is 0 Å². The predicted molar refractivity (Wildman–Crippen MR) is 85.2 cm³/mol. The topological polar surface area (TPSA) is 53.6 Å². The third kappa shape index (κ3) is 3.13. The fourth-order valence-electron chi connectivity index (χ4n) is 3.84. The first-order valence-corrected chi connectivity index (χ1v) is 8.16. The average molecular weight is 288 g/mol. The molecule has 0 bridgehead atoms. The molecule has 1 fully saturated rings. The Kier molecular flexibility index (Phi) is 4.73. The summed E-state index contributed by atoms with van der Waals surface area (Å²) in [4.78, 5) is 0. The van der Waals surface area contributed by atoms with E-state index in [1.54, 1.807) is 0 Å². The summed E-state index contributed by atoms with van der Waals surface area (Å²) < 4.78 is 2.18. The highest BCUT2D eigenvalue weighted by atomic mass is 15.3. The van der Waals surface area contributed by atoms with Crippen LogP contribution in [0.4, 0.5) is 0 Å². The Labute approximate surface area is 128 Å². The number of rotatable bonds is 4. The average Bonchev–Trinajstić information content (AvgIpc) is 2.73. The minimum Gasteiger partial charge on any atom is -0.297 e. The van der Waals surface area contributed by atoms with Gasteiger partial charge in [0, 0.05) is 18.2 Å². The van der Waals surface area contributed by atoms with Crippen LogP contribution in [0.25, 0.3) is 0 Å². The molecule has 1 aliphatic rings. The zero-order chi connectivity index (χ0) is 15.6. The van der Waals surface area contributed by atoms with Gasteiger partial charge < -0.3 is 0 Å². The molecule has 0 radical (unpaired) electrons. The van der Waals surface area contributed by atoms with Gasteiger partial charge in [-0.05, 0) is 58.9 Å². The second-order valence-electron chi connectivity index (χ2n) is 6.69. The molecule has 2 rings (SSSR count). The highest BCUT2D eigenvalue weighted by molar-refractivity contribution is 5.25. The molecular formula is C17H28N4. The van der Waals surface area contributed by atoms with Gasteiger partial charge in [0.2, 0.25) is 0 Å². The molecule has 4 nitrogen and oxygen atoms in total. The molecule has 2 unspecified atom stereocenters. The highest BCUT2D eigenvalue weighted by Gasteiger charge is 2.38. The van der Waals surface area contributed by atoms with Gasteiger partial charge in [0.15, 0.2) is 0 Å². The molecule has 1 saturated carbocycles. The molecule has 4 heteroatoms. The fraction of sp³-hybridized carbons (Fsp3) is 0.765. The van der Waals surface area contributed by atoms with Gasteiger partial charge in [0.05, 0.1) is 17.8 Å². The Morgan fingerprint density at radius 2 is 2.19 bits per heavy atom. The minimum atomic E-state index is -0.393. The van der Waals surface area contributed by atoms with E-state index in [2.05, 4.69) is 50.7 Å². The Hall–Kier alpha value is -1.34. The van der Waals surface area contributed by atoms with Gasteiger partial charge in [-0.25, -0.2) is 0 Å². The largest absolute Gasteiger partial charge is 0.297 e. The van der Waals surface area contributed by atoms with Crippen LogP contribution in [0.3, 0.4) is 0 Å². The predicted octanol–water partition coefficient (Wildman–Crippen LogP) is 3.44. The Morgan fingerprint density at radius 3 is 2.71 bits per heavy atom. The number of nitriles is 1. The quantitative estimate of drug-likeness (QED) is 0.923. The van der Waals surface area contributed by atoms with Crippen molar-refractivity contribution in [2.45, 2.75) is 84.3 Å². The minimum absolute atomic E-state index is 0.329. The summed E-state index contributed by atoms with van der Waals surface area (Å²) in [7, 11) is 0. The van der Waals surface area contributed by atoms with Crippen molar-refractivity contribution in [2.24, 2.45) is 0 Å². The van der Waals surface area contributed by atoms with Crippen LogP contribution < -0.4 is 5.32 Å². The molecule has 21 heavy (non-hydrogen) atoms. The molecule has 2 atom stereocenters. The van der Waals surface area contributed by atoms with Crippen molar-refractivity contribution in [1.82, 2.24) is 15.1 Å². The third-order valence-electron chi connectivity index (χ3n) is 4.68. The number of hydrogen-bond acceptors (Lipinski definition) is 3. The van der Waals surface area contributed by atoms with Crippen molar-refractivity contribution in [3.8, 4) is 6.07 Å². The van der Waals surface area contributed by atoms with E-state index in [1.807, 2.05) is 0 Å². The first kappa shape index (κ1) is 16.0. The third-order valence-corrected chi connectivity index (χ3v) is 4.68. The molecule has 0 aromatic carbocycles. The molecule has 1 aromatic rings. The van der Waals surface area contributed by atoms with Gasteiger partial charge in [-0.1, -0.05) is 6.92 Å². The smallest absolute Gasteiger partial charge is 0.109 e. The number of nitrogens with one attached hydrogen (secondary N) is 1. The summed E-state index contributed by atoms with van der Waals surface area (Å²) in [5, 5.41) is 17.9. The monoisotopic (exact) mass is 288 g/mol. The maximum atomic E-state index is 9.69. The van der Waals surface area contributed by atoms with E-state index in [1.165, 1.54) is 11.3 Å². The number of aryl methyl sites for hydroxylation is 1. The summed E-state index contributed by atoms with van der Waals surface area (Å²) in [5.74, 6) is 0. The SMILES string of the molecule is CCc1c(C)nn(C2CCCC(C#N)(NC(C)C)C2)c1C. The Morgan fingerprint density at radius 1 is 1.48 bits per heavy atom. The standard InChI is InChI=1S/C17H28N4/c1-6-16-13(4)20-21(14(16)5)15-8-7-9-17(10-15,11-18)19-12(2)3/h12,15,19H,6-10H2,1-5H3. The number of aromatic nitrogens is 2. The van der Waals surface area contributed by atoms with Gasteiger partial charge in [-0.3, -0.25) is 10.00 Å². The maximum absolute atomic E-state index is 9.69. The van der Waals surface area contributed by atoms with E-state index in [-0.39, 0.29) is 0 Å². The fourth-order valence-corrected chi connectivity index (χ4v) is 3.84. The normalized spacial score (nSPS) is 26.0. The summed E-state index contributed by atoms with van der Waals surface area (Å²) in [6, 6.07) is 3.22. The van der Waals surface area contributed by atoms with Crippen molar-refractivity contribution in [3.63, 3.8) is 0 Å². The van der Waals surface area contributed by atoms with Crippen molar-refractivity contribution in [3.05, 3.63) is 17.0 Å². The van der Waals surface area contributed by atoms with E-state index in [4.69, 9.17) is 5.10 Å². The summed E-state index contributed by atoms with van der Waals surface area (Å²) in [6.45, 7) is 10.7. The van der Waals surface area contributed by atoms with Crippen LogP contribution >= 0.6 is 0 Å². The summed E-state index contributed by atoms with van der Waals surface area (Å²) in [5.41, 5.74) is 3.38. The van der Waals surface area contributed by atoms with E-state index in [0.717, 1.165) is 37.8 Å². The zero-order valence-electron chi connectivity index (χ0n) is 14.0. The summed E-state index contributed by atoms with van der Waals surface area (Å²) >= 11 is 0. The van der Waals surface area contributed by atoms with Gasteiger partial charge in [0.1, 0.15) is 5.54 Å². The van der Waals surface area contributed by atoms with E-state index < -0.39 is 5.54 Å². The molecule has 0 saturated heterocycles. The summed E-state index contributed by atoms with van der Waals surface area (Å²) in [6.07, 6.45) is 5.02. The lowest BCUT2D eigenvalue weighted by atomic mass is 9.79. The lowest BCUT2D eigenvalue weighted by Crippen LogP contribution is -2.50. The van der Waals surface area contributed by atoms with Gasteiger partial charge in [-0.2, -0.15) is 10.4 Å². The van der Waals surface area contributed by atoms with Gasteiger partial charge in [0.25, 0.3) is 0 Å². The Balaban J connectivity index is 2.27. The number of nitrogens with zero attached hydrogens (tertiary/aromatic N) is 3. The molecule has 1 heterocycles. The Bertz CT molecular complexity index is 538. The molecule has 0 amide bonds. The lowest BCUT2D eigenvalue weighted by molar-refractivity contribution is 0.207. The molecule has 116 valence electrons. The molecule has 1 aromatic heterocycles. The van der Waals surface area contributed by atoms with Crippen LogP contribution in [0.1, 0.15) is 69.4 Å². The maximum Gasteiger partial charge on any atom is 0.109 e. The van der Waals surface area contributed by atoms with E-state index in [0.29, 0.717) is 12.1 Å². The van der Waals surface area contributed by atoms with Gasteiger partial charge >= 0.3 is 0 Å². The molecular weight excluding hydrogens is 260 g/mol. The first-order chi connectivity index (χ1) is 9.92. The van der Waals surface area contributed by atoms with Crippen LogP contribution in [-0.4, -0.2) is 21.4 Å². The zero-order valence-corrected chi connectivity index (χ0v) is 14.0. The number of hydrogen-bond donors (Lipinski definition) is 1. The van der Waals surface area contributed by atoms with Crippen molar-refractivity contribution < 1.29 is 0 Å². The van der Waals surface area contributed by atoms with Gasteiger partial charge in [-0.15, -0.1) is 0 Å². The van der Waals surface area contributed by atoms with Crippen LogP contribution in [0.2, 0.25) is 0 Å². The molecule has 0 spiro atoms. The van der Waals surface area contributed by atoms with Crippen LogP contribution in [-0.2, 0) is 6.42 Å². The van der Waals surface area contributed by atoms with Crippen LogP contribution in [0, 0.1) is 25.2 Å². The highest BCUT2D eigenvalue weighted by Crippen LogP contribution is 2.36. The van der Waals surface area contributed by atoms with Crippen molar-refractivity contribution >= 4 is 0 Å². The van der Waals surface area contributed by atoms with Crippen LogP contribution in [0.5, 0.6) is 0 Å². The van der Waals surface area contributed by atoms with Crippen LogP contribution in [0.15, 0.2) is 0 Å². The molecule has 0 aliphatic heterocycles. The molecule has 1 N–H and O–H groups in total. The van der Waals surface area contributed by atoms with Crippen molar-refractivity contribution in [2.75, 3.05) is 0 Å². The molecule has 1 aliphatic carbocycles. The first-order valence-electron chi connectivity index (χ1n) is 8.16. The second-order valence-corrected chi connectivity index (χ2v) is 6.69. The van der Waals surface area contributed by atoms with E-state index in [9.17, 15) is 5.26 Å².